The number of methoxy groups -OCH3 is 1. The molecule has 0 aliphatic rings. The summed E-state index contributed by atoms with van der Waals surface area (Å²) in [6, 6.07) is 23.8. The van der Waals surface area contributed by atoms with Gasteiger partial charge in [0.25, 0.3) is 0 Å². The maximum Gasteiger partial charge on any atom is 0.414 e. The summed E-state index contributed by atoms with van der Waals surface area (Å²) in [5.74, 6) is -2.69. The van der Waals surface area contributed by atoms with Crippen LogP contribution in [0.15, 0.2) is 66.7 Å². The van der Waals surface area contributed by atoms with Gasteiger partial charge in [-0.1, -0.05) is 60.7 Å². The predicted molar refractivity (Wildman–Crippen MR) is 117 cm³/mol. The van der Waals surface area contributed by atoms with Gasteiger partial charge in [-0.15, -0.1) is 0 Å². The molecule has 0 aliphatic heterocycles. The zero-order valence-electron chi connectivity index (χ0n) is 17.2. The van der Waals surface area contributed by atoms with Crippen molar-refractivity contribution in [3.05, 3.63) is 77.9 Å². The van der Waals surface area contributed by atoms with Crippen molar-refractivity contribution in [2.75, 3.05) is 7.11 Å². The SMILES string of the molecule is COc1ccc2ccccc2c1CNC(C)CCc1ccccc1.O=C(O)C(=O)O. The first-order valence-electron chi connectivity index (χ1n) is 9.70. The fourth-order valence-corrected chi connectivity index (χ4v) is 3.10. The van der Waals surface area contributed by atoms with E-state index in [1.54, 1.807) is 7.11 Å². The Morgan fingerprint density at radius 1 is 0.933 bits per heavy atom. The smallest absolute Gasteiger partial charge is 0.414 e. The van der Waals surface area contributed by atoms with E-state index in [2.05, 4.69) is 79.0 Å². The molecule has 0 radical (unpaired) electrons. The van der Waals surface area contributed by atoms with Crippen LogP contribution in [0, 0.1) is 0 Å². The second-order valence-electron chi connectivity index (χ2n) is 6.88. The van der Waals surface area contributed by atoms with Gasteiger partial charge < -0.3 is 20.3 Å². The van der Waals surface area contributed by atoms with Gasteiger partial charge in [0.1, 0.15) is 5.75 Å². The second-order valence-corrected chi connectivity index (χ2v) is 6.88. The monoisotopic (exact) mass is 409 g/mol. The topological polar surface area (TPSA) is 95.9 Å². The van der Waals surface area contributed by atoms with Crippen LogP contribution in [-0.2, 0) is 22.6 Å². The molecule has 1 atom stereocenters. The zero-order chi connectivity index (χ0) is 21.9. The maximum atomic E-state index is 9.10. The van der Waals surface area contributed by atoms with Gasteiger partial charge in [-0.05, 0) is 42.2 Å². The number of aryl methyl sites for hydroxylation is 1. The Labute approximate surface area is 176 Å². The number of rotatable bonds is 7. The average molecular weight is 409 g/mol. The molecule has 6 heteroatoms. The molecule has 30 heavy (non-hydrogen) atoms. The number of hydrogen-bond acceptors (Lipinski definition) is 4. The van der Waals surface area contributed by atoms with E-state index in [1.807, 2.05) is 0 Å². The Bertz CT molecular complexity index is 960. The first-order chi connectivity index (χ1) is 14.4. The van der Waals surface area contributed by atoms with Gasteiger partial charge in [-0.2, -0.15) is 0 Å². The van der Waals surface area contributed by atoms with Crippen molar-refractivity contribution < 1.29 is 24.5 Å². The molecule has 3 N–H and O–H groups in total. The van der Waals surface area contributed by atoms with Crippen LogP contribution in [0.1, 0.15) is 24.5 Å². The summed E-state index contributed by atoms with van der Waals surface area (Å²) in [7, 11) is 1.74. The van der Waals surface area contributed by atoms with Crippen molar-refractivity contribution in [1.29, 1.82) is 0 Å². The number of nitrogens with one attached hydrogen (secondary N) is 1. The Morgan fingerprint density at radius 3 is 2.20 bits per heavy atom. The quantitative estimate of drug-likeness (QED) is 0.508. The van der Waals surface area contributed by atoms with E-state index in [0.717, 1.165) is 25.1 Å². The minimum Gasteiger partial charge on any atom is -0.496 e. The third kappa shape index (κ3) is 6.90. The van der Waals surface area contributed by atoms with Crippen LogP contribution >= 0.6 is 0 Å². The highest BCUT2D eigenvalue weighted by Gasteiger charge is 2.10. The summed E-state index contributed by atoms with van der Waals surface area (Å²) in [5, 5.41) is 21.0. The van der Waals surface area contributed by atoms with Gasteiger partial charge in [0.05, 0.1) is 7.11 Å². The predicted octanol–water partition coefficient (Wildman–Crippen LogP) is 4.11. The van der Waals surface area contributed by atoms with Crippen molar-refractivity contribution >= 4 is 22.7 Å². The molecule has 3 rings (SSSR count). The van der Waals surface area contributed by atoms with Crippen molar-refractivity contribution in [3.8, 4) is 5.75 Å². The van der Waals surface area contributed by atoms with E-state index in [0.29, 0.717) is 6.04 Å². The van der Waals surface area contributed by atoms with Gasteiger partial charge in [-0.3, -0.25) is 0 Å². The highest BCUT2D eigenvalue weighted by Crippen LogP contribution is 2.28. The van der Waals surface area contributed by atoms with Crippen LogP contribution in [0.4, 0.5) is 0 Å². The van der Waals surface area contributed by atoms with E-state index in [9.17, 15) is 0 Å². The standard InChI is InChI=1S/C22H25NO.C2H2O4/c1-17(12-13-18-8-4-3-5-9-18)23-16-21-20-11-7-6-10-19(20)14-15-22(21)24-2;3-1(4)2(5)6/h3-11,14-15,17,23H,12-13,16H2,1-2H3;(H,3,4)(H,5,6). The Hall–Kier alpha value is -3.38. The molecule has 0 fully saturated rings. The number of carboxylic acid groups (broad SMARTS) is 2. The van der Waals surface area contributed by atoms with Crippen molar-refractivity contribution in [1.82, 2.24) is 5.32 Å². The van der Waals surface area contributed by atoms with Gasteiger partial charge in [0.15, 0.2) is 0 Å². The maximum absolute atomic E-state index is 9.10. The van der Waals surface area contributed by atoms with Crippen LogP contribution in [0.3, 0.4) is 0 Å². The van der Waals surface area contributed by atoms with Crippen molar-refractivity contribution in [3.63, 3.8) is 0 Å². The minimum absolute atomic E-state index is 0.453. The van der Waals surface area contributed by atoms with E-state index in [1.165, 1.54) is 21.9 Å². The van der Waals surface area contributed by atoms with Crippen LogP contribution in [0.5, 0.6) is 5.75 Å². The van der Waals surface area contributed by atoms with Gasteiger partial charge in [0.2, 0.25) is 0 Å². The third-order valence-electron chi connectivity index (χ3n) is 4.74. The van der Waals surface area contributed by atoms with Gasteiger partial charge in [-0.25, -0.2) is 9.59 Å². The van der Waals surface area contributed by atoms with Crippen LogP contribution in [0.25, 0.3) is 10.8 Å². The normalized spacial score (nSPS) is 11.3. The molecule has 0 saturated carbocycles. The van der Waals surface area contributed by atoms with E-state index in [-0.39, 0.29) is 0 Å². The van der Waals surface area contributed by atoms with Crippen LogP contribution < -0.4 is 10.1 Å². The zero-order valence-corrected chi connectivity index (χ0v) is 17.2. The van der Waals surface area contributed by atoms with Crippen LogP contribution in [0.2, 0.25) is 0 Å². The Morgan fingerprint density at radius 2 is 1.57 bits per heavy atom. The number of ether oxygens (including phenoxy) is 1. The molecule has 1 unspecified atom stereocenters. The second kappa shape index (κ2) is 11.6. The fourth-order valence-electron chi connectivity index (χ4n) is 3.10. The molecule has 0 aromatic heterocycles. The highest BCUT2D eigenvalue weighted by molar-refractivity contribution is 6.27. The molecule has 0 aliphatic carbocycles. The summed E-state index contributed by atoms with van der Waals surface area (Å²) in [6.45, 7) is 3.07. The number of benzene rings is 3. The Kier molecular flexibility index (Phi) is 8.84. The number of carboxylic acids is 2. The van der Waals surface area contributed by atoms with E-state index < -0.39 is 11.9 Å². The fraction of sp³-hybridized carbons (Fsp3) is 0.250. The number of hydrogen-bond donors (Lipinski definition) is 3. The van der Waals surface area contributed by atoms with E-state index >= 15 is 0 Å². The number of carbonyl (C=O) groups is 2. The van der Waals surface area contributed by atoms with Crippen molar-refractivity contribution in [2.24, 2.45) is 0 Å². The molecule has 158 valence electrons. The van der Waals surface area contributed by atoms with Crippen LogP contribution in [-0.4, -0.2) is 35.3 Å². The van der Waals surface area contributed by atoms with E-state index in [4.69, 9.17) is 24.5 Å². The first kappa shape index (κ1) is 22.9. The molecule has 0 bridgehead atoms. The molecule has 0 saturated heterocycles. The summed E-state index contributed by atoms with van der Waals surface area (Å²) in [4.78, 5) is 18.2. The molecule has 0 spiro atoms. The molecule has 0 amide bonds. The van der Waals surface area contributed by atoms with Gasteiger partial charge in [0, 0.05) is 18.2 Å². The summed E-state index contributed by atoms with van der Waals surface area (Å²) in [6.07, 6.45) is 2.22. The van der Waals surface area contributed by atoms with Gasteiger partial charge >= 0.3 is 11.9 Å². The summed E-state index contributed by atoms with van der Waals surface area (Å²) >= 11 is 0. The number of fused-ring (bicyclic) bond motifs is 1. The highest BCUT2D eigenvalue weighted by atomic mass is 16.5. The molecule has 0 heterocycles. The minimum atomic E-state index is -1.82. The Balaban J connectivity index is 0.000000469. The lowest BCUT2D eigenvalue weighted by molar-refractivity contribution is -0.159. The third-order valence-corrected chi connectivity index (χ3v) is 4.74. The molecule has 6 nitrogen and oxygen atoms in total. The number of aliphatic carboxylic acids is 2. The van der Waals surface area contributed by atoms with Crippen molar-refractivity contribution in [2.45, 2.75) is 32.4 Å². The summed E-state index contributed by atoms with van der Waals surface area (Å²) in [5.41, 5.74) is 2.64. The molecular weight excluding hydrogens is 382 g/mol. The largest absolute Gasteiger partial charge is 0.496 e. The molecule has 3 aromatic rings. The molecule has 3 aromatic carbocycles. The lowest BCUT2D eigenvalue weighted by atomic mass is 10.0. The molecular formula is C24H27NO5. The lowest BCUT2D eigenvalue weighted by Gasteiger charge is -2.17. The first-order valence-corrected chi connectivity index (χ1v) is 9.70. The summed E-state index contributed by atoms with van der Waals surface area (Å²) < 4.78 is 5.58. The lowest BCUT2D eigenvalue weighted by Crippen LogP contribution is -2.26. The average Bonchev–Trinajstić information content (AvgIpc) is 2.77.